The molecule has 12 nitrogen and oxygen atoms in total. The number of nitrogens with two attached hydrogens (primary N) is 1. The molecule has 2 aromatic carbocycles. The zero-order valence-electron chi connectivity index (χ0n) is 25.2. The zero-order chi connectivity index (χ0) is 32.5. The highest BCUT2D eigenvalue weighted by atomic mass is 35.5. The Kier molecular flexibility index (Phi) is 8.50. The number of halogens is 1. The minimum Gasteiger partial charge on any atom is -0.465 e. The molecule has 0 unspecified atom stereocenters. The summed E-state index contributed by atoms with van der Waals surface area (Å²) in [5.74, 6) is 5.98. The molecule has 1 atom stereocenters. The van der Waals surface area contributed by atoms with E-state index in [0.717, 1.165) is 32.3 Å². The topological polar surface area (TPSA) is 163 Å². The van der Waals surface area contributed by atoms with Crippen molar-refractivity contribution in [3.63, 3.8) is 0 Å². The number of carbonyl (C=O) groups excluding carboxylic acids is 2. The standard InChI is InChI=1S/C32H27ClN8O4S/c1-16-17(2)46-30-26(16)27(19-7-10-22(33)11-8-19)35-24(28-38-37-18(3)41(28)30)15-25(42)36-32-40-39-29(45-32)21-9-12-23(31(43)44-4)20(14-21)6-5-13-34/h7-12,14,24H,13,15,34H2,1-4H3,(H,36,40,42)/t24-/m0/s1. The minimum atomic E-state index is -0.678. The van der Waals surface area contributed by atoms with Crippen molar-refractivity contribution in [2.75, 3.05) is 19.0 Å². The van der Waals surface area contributed by atoms with Gasteiger partial charge in [0.15, 0.2) is 5.82 Å². The third-order valence-corrected chi connectivity index (χ3v) is 8.85. The smallest absolute Gasteiger partial charge is 0.339 e. The number of amides is 1. The van der Waals surface area contributed by atoms with Gasteiger partial charge in [-0.3, -0.25) is 19.7 Å². The normalized spacial score (nSPS) is 13.5. The van der Waals surface area contributed by atoms with Crippen LogP contribution >= 0.6 is 22.9 Å². The third-order valence-electron chi connectivity index (χ3n) is 7.40. The molecule has 1 amide bonds. The Morgan fingerprint density at radius 3 is 2.59 bits per heavy atom. The van der Waals surface area contributed by atoms with Gasteiger partial charge in [-0.15, -0.1) is 26.6 Å². The van der Waals surface area contributed by atoms with Gasteiger partial charge in [0.25, 0.3) is 0 Å². The second-order valence-electron chi connectivity index (χ2n) is 10.3. The highest BCUT2D eigenvalue weighted by Crippen LogP contribution is 2.39. The van der Waals surface area contributed by atoms with E-state index >= 15 is 0 Å². The van der Waals surface area contributed by atoms with Crippen molar-refractivity contribution < 1.29 is 18.7 Å². The van der Waals surface area contributed by atoms with Crippen molar-refractivity contribution in [2.24, 2.45) is 10.7 Å². The minimum absolute atomic E-state index is 0.0768. The first-order valence-corrected chi connectivity index (χ1v) is 15.3. The van der Waals surface area contributed by atoms with Gasteiger partial charge in [0.05, 0.1) is 31.4 Å². The van der Waals surface area contributed by atoms with E-state index in [4.69, 9.17) is 31.5 Å². The average molecular weight is 655 g/mol. The molecule has 14 heteroatoms. The van der Waals surface area contributed by atoms with Crippen LogP contribution in [0, 0.1) is 32.6 Å². The number of esters is 1. The fraction of sp³-hybridized carbons (Fsp3) is 0.219. The first kappa shape index (κ1) is 30.8. The summed E-state index contributed by atoms with van der Waals surface area (Å²) < 4.78 is 12.6. The predicted octanol–water partition coefficient (Wildman–Crippen LogP) is 4.98. The molecule has 0 fully saturated rings. The van der Waals surface area contributed by atoms with E-state index in [2.05, 4.69) is 51.4 Å². The first-order valence-electron chi connectivity index (χ1n) is 14.1. The number of nitrogens with zero attached hydrogens (tertiary/aromatic N) is 6. The predicted molar refractivity (Wildman–Crippen MR) is 174 cm³/mol. The number of anilines is 1. The second-order valence-corrected chi connectivity index (χ2v) is 12.0. The van der Waals surface area contributed by atoms with Crippen molar-refractivity contribution in [2.45, 2.75) is 33.2 Å². The van der Waals surface area contributed by atoms with Gasteiger partial charge < -0.3 is 14.9 Å². The van der Waals surface area contributed by atoms with E-state index < -0.39 is 17.9 Å². The zero-order valence-corrected chi connectivity index (χ0v) is 26.8. The van der Waals surface area contributed by atoms with E-state index in [9.17, 15) is 9.59 Å². The van der Waals surface area contributed by atoms with Crippen LogP contribution in [0.3, 0.4) is 0 Å². The van der Waals surface area contributed by atoms with Crippen molar-refractivity contribution in [1.29, 1.82) is 0 Å². The number of benzene rings is 2. The van der Waals surface area contributed by atoms with Crippen LogP contribution in [0.5, 0.6) is 0 Å². The molecule has 1 aliphatic rings. The summed E-state index contributed by atoms with van der Waals surface area (Å²) in [7, 11) is 1.29. The van der Waals surface area contributed by atoms with Gasteiger partial charge in [0, 0.05) is 32.2 Å². The first-order chi connectivity index (χ1) is 22.2. The fourth-order valence-electron chi connectivity index (χ4n) is 5.08. The van der Waals surface area contributed by atoms with E-state index in [1.165, 1.54) is 7.11 Å². The van der Waals surface area contributed by atoms with Gasteiger partial charge in [0.2, 0.25) is 11.8 Å². The number of ether oxygens (including phenoxy) is 1. The molecule has 1 aliphatic heterocycles. The Morgan fingerprint density at radius 1 is 1.09 bits per heavy atom. The molecule has 6 rings (SSSR count). The van der Waals surface area contributed by atoms with Crippen LogP contribution in [0.1, 0.15) is 61.6 Å². The van der Waals surface area contributed by atoms with Crippen LogP contribution in [-0.4, -0.2) is 56.2 Å². The summed E-state index contributed by atoms with van der Waals surface area (Å²) in [6, 6.07) is 11.5. The van der Waals surface area contributed by atoms with Gasteiger partial charge in [-0.25, -0.2) is 4.79 Å². The summed E-state index contributed by atoms with van der Waals surface area (Å²) in [5, 5.41) is 21.1. The lowest BCUT2D eigenvalue weighted by atomic mass is 9.99. The van der Waals surface area contributed by atoms with E-state index in [0.29, 0.717) is 27.8 Å². The van der Waals surface area contributed by atoms with E-state index in [-0.39, 0.29) is 30.4 Å². The number of carbonyl (C=O) groups is 2. The number of fused-ring (bicyclic) bond motifs is 3. The number of thiophene rings is 1. The molecule has 0 saturated heterocycles. The number of rotatable bonds is 6. The van der Waals surface area contributed by atoms with Gasteiger partial charge in [-0.2, -0.15) is 0 Å². The van der Waals surface area contributed by atoms with Crippen LogP contribution in [-0.2, 0) is 9.53 Å². The lowest BCUT2D eigenvalue weighted by Gasteiger charge is -2.12. The van der Waals surface area contributed by atoms with Gasteiger partial charge in [-0.1, -0.05) is 40.7 Å². The van der Waals surface area contributed by atoms with Gasteiger partial charge in [0.1, 0.15) is 16.9 Å². The summed E-state index contributed by atoms with van der Waals surface area (Å²) in [6.45, 7) is 6.11. The molecule has 0 radical (unpaired) electrons. The lowest BCUT2D eigenvalue weighted by Crippen LogP contribution is -2.17. The fourth-order valence-corrected chi connectivity index (χ4v) is 6.42. The Bertz CT molecular complexity index is 2080. The molecule has 232 valence electrons. The van der Waals surface area contributed by atoms with Crippen molar-refractivity contribution >= 4 is 46.5 Å². The molecule has 0 bridgehead atoms. The summed E-state index contributed by atoms with van der Waals surface area (Å²) in [5.41, 5.74) is 10.3. The molecule has 3 N–H and O–H groups in total. The maximum Gasteiger partial charge on any atom is 0.339 e. The van der Waals surface area contributed by atoms with Gasteiger partial charge >= 0.3 is 12.0 Å². The average Bonchev–Trinajstić information content (AvgIpc) is 3.73. The van der Waals surface area contributed by atoms with Crippen LogP contribution in [0.4, 0.5) is 6.01 Å². The molecule has 4 heterocycles. The van der Waals surface area contributed by atoms with Crippen LogP contribution in [0.15, 0.2) is 51.9 Å². The Balaban J connectivity index is 1.30. The number of aliphatic imine (C=N–C) groups is 1. The quantitative estimate of drug-likeness (QED) is 0.190. The molecule has 3 aromatic heterocycles. The number of aromatic nitrogens is 5. The maximum atomic E-state index is 13.4. The largest absolute Gasteiger partial charge is 0.465 e. The molecular formula is C32H27ClN8O4S. The Hall–Kier alpha value is -5.16. The Labute approximate surface area is 272 Å². The molecule has 46 heavy (non-hydrogen) atoms. The lowest BCUT2D eigenvalue weighted by molar-refractivity contribution is -0.116. The molecular weight excluding hydrogens is 628 g/mol. The number of hydrogen-bond acceptors (Lipinski definition) is 11. The molecule has 0 saturated carbocycles. The summed E-state index contributed by atoms with van der Waals surface area (Å²) >= 11 is 7.83. The van der Waals surface area contributed by atoms with E-state index in [1.54, 1.807) is 29.5 Å². The van der Waals surface area contributed by atoms with Crippen LogP contribution < -0.4 is 11.1 Å². The van der Waals surface area contributed by atoms with Gasteiger partial charge in [-0.05, 0) is 56.7 Å². The van der Waals surface area contributed by atoms with E-state index in [1.807, 2.05) is 35.8 Å². The summed E-state index contributed by atoms with van der Waals surface area (Å²) in [6.07, 6.45) is -0.0768. The van der Waals surface area contributed by atoms with Crippen LogP contribution in [0.2, 0.25) is 5.02 Å². The second kappa shape index (κ2) is 12.7. The monoisotopic (exact) mass is 654 g/mol. The number of methoxy groups -OCH3 is 1. The maximum absolute atomic E-state index is 13.4. The highest BCUT2D eigenvalue weighted by Gasteiger charge is 2.32. The van der Waals surface area contributed by atoms with Crippen molar-refractivity contribution in [3.8, 4) is 28.3 Å². The molecule has 0 spiro atoms. The molecule has 0 aliphatic carbocycles. The van der Waals surface area contributed by atoms with Crippen molar-refractivity contribution in [3.05, 3.63) is 91.8 Å². The van der Waals surface area contributed by atoms with Crippen LogP contribution in [0.25, 0.3) is 16.5 Å². The molecule has 5 aromatic rings. The summed E-state index contributed by atoms with van der Waals surface area (Å²) in [4.78, 5) is 31.9. The third kappa shape index (κ3) is 5.81. The number of nitrogens with one attached hydrogen (secondary N) is 1. The van der Waals surface area contributed by atoms with Crippen molar-refractivity contribution in [1.82, 2.24) is 25.0 Å². The number of hydrogen-bond donors (Lipinski definition) is 2. The highest BCUT2D eigenvalue weighted by molar-refractivity contribution is 7.15. The Morgan fingerprint density at radius 2 is 1.85 bits per heavy atom. The SMILES string of the molecule is COC(=O)c1ccc(-c2nnc(NC(=O)C[C@@H]3N=C(c4ccc(Cl)cc4)c4c(sc(C)c4C)-n4c(C)nnc43)o2)cc1C#CCN. The number of aryl methyl sites for hydroxylation is 2.